The van der Waals surface area contributed by atoms with Crippen LogP contribution in [-0.2, 0) is 0 Å². The maximum atomic E-state index is 11.1. The molecule has 0 unspecified atom stereocenters. The molecule has 2 N–H and O–H groups in total. The number of aryl methyl sites for hydroxylation is 1. The van der Waals surface area contributed by atoms with Crippen molar-refractivity contribution in [3.8, 4) is 0 Å². The largest absolute Gasteiger partial charge is 0.338 e. The van der Waals surface area contributed by atoms with Gasteiger partial charge in [0.25, 0.3) is 0 Å². The summed E-state index contributed by atoms with van der Waals surface area (Å²) in [6.07, 6.45) is 0.919. The zero-order valence-electron chi connectivity index (χ0n) is 7.63. The summed E-state index contributed by atoms with van der Waals surface area (Å²) in [6.45, 7) is 4.45. The van der Waals surface area contributed by atoms with Gasteiger partial charge < -0.3 is 5.32 Å². The van der Waals surface area contributed by atoms with Crippen molar-refractivity contribution in [1.82, 2.24) is 14.7 Å². The lowest BCUT2D eigenvalue weighted by Gasteiger charge is -2.01. The second-order valence-electron chi connectivity index (χ2n) is 2.53. The fraction of sp³-hybridized carbons (Fsp3) is 0.571. The lowest BCUT2D eigenvalue weighted by molar-refractivity contribution is 0.252. The molecule has 0 fully saturated rings. The molecule has 0 bridgehead atoms. The third-order valence-electron chi connectivity index (χ3n) is 1.28. The summed E-state index contributed by atoms with van der Waals surface area (Å²) in [7, 11) is 0. The van der Waals surface area contributed by atoms with Crippen molar-refractivity contribution in [1.29, 1.82) is 0 Å². The van der Waals surface area contributed by atoms with Gasteiger partial charge in [0.05, 0.1) is 0 Å². The highest BCUT2D eigenvalue weighted by Crippen LogP contribution is 2.09. The summed E-state index contributed by atoms with van der Waals surface area (Å²) in [5, 5.41) is 5.80. The van der Waals surface area contributed by atoms with Gasteiger partial charge in [0.2, 0.25) is 5.13 Å². The van der Waals surface area contributed by atoms with E-state index in [-0.39, 0.29) is 6.03 Å². The Labute approximate surface area is 80.7 Å². The highest BCUT2D eigenvalue weighted by Gasteiger charge is 2.03. The van der Waals surface area contributed by atoms with Crippen LogP contribution >= 0.6 is 11.5 Å². The number of amides is 2. The predicted octanol–water partition coefficient (Wildman–Crippen LogP) is 1.38. The Kier molecular flexibility index (Phi) is 3.63. The topological polar surface area (TPSA) is 66.9 Å². The van der Waals surface area contributed by atoms with Crippen molar-refractivity contribution in [3.05, 3.63) is 5.82 Å². The third kappa shape index (κ3) is 3.37. The molecule has 0 saturated heterocycles. The maximum absolute atomic E-state index is 11.1. The average molecular weight is 200 g/mol. The molecule has 0 aliphatic heterocycles. The van der Waals surface area contributed by atoms with E-state index in [1.807, 2.05) is 6.92 Å². The zero-order valence-corrected chi connectivity index (χ0v) is 8.44. The molecular formula is C7H12N4OS. The van der Waals surface area contributed by atoms with Crippen LogP contribution in [0.2, 0.25) is 0 Å². The predicted molar refractivity (Wildman–Crippen MR) is 52.0 cm³/mol. The van der Waals surface area contributed by atoms with Crippen LogP contribution in [0.25, 0.3) is 0 Å². The minimum Gasteiger partial charge on any atom is -0.338 e. The van der Waals surface area contributed by atoms with Crippen LogP contribution in [0.5, 0.6) is 0 Å². The van der Waals surface area contributed by atoms with Gasteiger partial charge in [0.15, 0.2) is 0 Å². The number of hydrogen-bond donors (Lipinski definition) is 2. The van der Waals surface area contributed by atoms with Crippen LogP contribution in [0.1, 0.15) is 19.2 Å². The molecule has 13 heavy (non-hydrogen) atoms. The number of carbonyl (C=O) groups is 1. The Morgan fingerprint density at radius 2 is 2.38 bits per heavy atom. The molecule has 6 heteroatoms. The van der Waals surface area contributed by atoms with E-state index < -0.39 is 0 Å². The van der Waals surface area contributed by atoms with Crippen LogP contribution in [0, 0.1) is 6.92 Å². The first-order valence-electron chi connectivity index (χ1n) is 4.07. The molecule has 0 saturated carbocycles. The van der Waals surface area contributed by atoms with Gasteiger partial charge in [-0.25, -0.2) is 9.78 Å². The van der Waals surface area contributed by atoms with Gasteiger partial charge in [-0.15, -0.1) is 0 Å². The number of rotatable bonds is 3. The van der Waals surface area contributed by atoms with Crippen LogP contribution in [0.4, 0.5) is 9.93 Å². The average Bonchev–Trinajstić information content (AvgIpc) is 2.48. The summed E-state index contributed by atoms with van der Waals surface area (Å²) in [5.41, 5.74) is 0. The van der Waals surface area contributed by atoms with Crippen molar-refractivity contribution in [2.24, 2.45) is 0 Å². The van der Waals surface area contributed by atoms with Gasteiger partial charge in [-0.2, -0.15) is 4.37 Å². The molecule has 1 heterocycles. The summed E-state index contributed by atoms with van der Waals surface area (Å²) in [4.78, 5) is 15.1. The Hall–Kier alpha value is -1.17. The van der Waals surface area contributed by atoms with Crippen molar-refractivity contribution >= 4 is 22.7 Å². The Morgan fingerprint density at radius 1 is 1.62 bits per heavy atom. The van der Waals surface area contributed by atoms with Crippen molar-refractivity contribution in [3.63, 3.8) is 0 Å². The molecule has 0 atom stereocenters. The van der Waals surface area contributed by atoms with Crippen LogP contribution in [0.15, 0.2) is 0 Å². The number of anilines is 1. The van der Waals surface area contributed by atoms with E-state index in [0.29, 0.717) is 17.5 Å². The Balaban J connectivity index is 2.36. The molecule has 0 aliphatic carbocycles. The van der Waals surface area contributed by atoms with E-state index in [2.05, 4.69) is 20.0 Å². The lowest BCUT2D eigenvalue weighted by Crippen LogP contribution is -2.29. The van der Waals surface area contributed by atoms with Crippen molar-refractivity contribution < 1.29 is 4.79 Å². The number of urea groups is 1. The van der Waals surface area contributed by atoms with Gasteiger partial charge in [-0.05, 0) is 13.3 Å². The quantitative estimate of drug-likeness (QED) is 0.774. The van der Waals surface area contributed by atoms with Gasteiger partial charge in [-0.3, -0.25) is 5.32 Å². The van der Waals surface area contributed by atoms with E-state index in [9.17, 15) is 4.79 Å². The summed E-state index contributed by atoms with van der Waals surface area (Å²) in [6, 6.07) is -0.224. The minimum atomic E-state index is -0.224. The summed E-state index contributed by atoms with van der Waals surface area (Å²) in [5.74, 6) is 0.677. The molecule has 0 aliphatic rings. The van der Waals surface area contributed by atoms with Crippen LogP contribution < -0.4 is 10.6 Å². The normalized spacial score (nSPS) is 9.69. The van der Waals surface area contributed by atoms with Crippen molar-refractivity contribution in [2.75, 3.05) is 11.9 Å². The highest BCUT2D eigenvalue weighted by molar-refractivity contribution is 7.09. The van der Waals surface area contributed by atoms with E-state index >= 15 is 0 Å². The lowest BCUT2D eigenvalue weighted by atomic mass is 10.5. The molecule has 0 aromatic carbocycles. The maximum Gasteiger partial charge on any atom is 0.321 e. The van der Waals surface area contributed by atoms with Gasteiger partial charge in [0.1, 0.15) is 5.82 Å². The number of nitrogens with one attached hydrogen (secondary N) is 2. The first kappa shape index (κ1) is 9.91. The number of hydrogen-bond acceptors (Lipinski definition) is 4. The number of carbonyl (C=O) groups excluding carboxylic acids is 1. The molecule has 0 radical (unpaired) electrons. The van der Waals surface area contributed by atoms with Gasteiger partial charge >= 0.3 is 6.03 Å². The first-order chi connectivity index (χ1) is 6.22. The van der Waals surface area contributed by atoms with E-state index in [1.165, 1.54) is 11.5 Å². The molecule has 0 spiro atoms. The Bertz CT molecular complexity index is 286. The summed E-state index contributed by atoms with van der Waals surface area (Å²) < 4.78 is 3.94. The van der Waals surface area contributed by atoms with Gasteiger partial charge in [-0.1, -0.05) is 6.92 Å². The van der Waals surface area contributed by atoms with E-state index in [1.54, 1.807) is 6.92 Å². The molecule has 5 nitrogen and oxygen atoms in total. The number of nitrogens with zero attached hydrogens (tertiary/aromatic N) is 2. The SMILES string of the molecule is CCCNC(=O)Nc1nc(C)ns1. The summed E-state index contributed by atoms with van der Waals surface area (Å²) >= 11 is 1.18. The molecule has 72 valence electrons. The van der Waals surface area contributed by atoms with Crippen LogP contribution in [-0.4, -0.2) is 21.9 Å². The van der Waals surface area contributed by atoms with E-state index in [0.717, 1.165) is 6.42 Å². The highest BCUT2D eigenvalue weighted by atomic mass is 32.1. The van der Waals surface area contributed by atoms with Crippen LogP contribution in [0.3, 0.4) is 0 Å². The molecule has 1 aromatic rings. The number of aromatic nitrogens is 2. The van der Waals surface area contributed by atoms with Gasteiger partial charge in [0, 0.05) is 18.1 Å². The molecule has 1 aromatic heterocycles. The molecule has 2 amide bonds. The first-order valence-corrected chi connectivity index (χ1v) is 4.85. The van der Waals surface area contributed by atoms with Crippen molar-refractivity contribution in [2.45, 2.75) is 20.3 Å². The third-order valence-corrected chi connectivity index (χ3v) is 2.01. The second-order valence-corrected chi connectivity index (χ2v) is 3.28. The molecule has 1 rings (SSSR count). The standard InChI is InChI=1S/C7H12N4OS/c1-3-4-8-6(12)10-7-9-5(2)11-13-7/h3-4H2,1-2H3,(H2,8,9,10,11,12). The fourth-order valence-electron chi connectivity index (χ4n) is 0.728. The molecular weight excluding hydrogens is 188 g/mol. The zero-order chi connectivity index (χ0) is 9.68. The second kappa shape index (κ2) is 4.76. The Morgan fingerprint density at radius 3 is 2.92 bits per heavy atom. The monoisotopic (exact) mass is 200 g/mol. The smallest absolute Gasteiger partial charge is 0.321 e. The fourth-order valence-corrected chi connectivity index (χ4v) is 1.30. The van der Waals surface area contributed by atoms with E-state index in [4.69, 9.17) is 0 Å². The minimum absolute atomic E-state index is 0.224.